The fourth-order valence-electron chi connectivity index (χ4n) is 0.291. The number of rotatable bonds is 4. The second-order valence-electron chi connectivity index (χ2n) is 1.34. The van der Waals surface area contributed by atoms with E-state index >= 15 is 0 Å². The fraction of sp³-hybridized carbons (Fsp3) is 0.750. The van der Waals surface area contributed by atoms with Crippen LogP contribution in [0.4, 0.5) is 0 Å². The van der Waals surface area contributed by atoms with Crippen molar-refractivity contribution < 1.29 is 9.53 Å². The zero-order chi connectivity index (χ0) is 7.82. The Hall–Kier alpha value is -0.710. The molecule has 0 fully saturated rings. The van der Waals surface area contributed by atoms with E-state index in [2.05, 4.69) is 14.8 Å². The molecule has 0 rings (SSSR count). The van der Waals surface area contributed by atoms with Gasteiger partial charge in [0.2, 0.25) is 5.91 Å². The molecule has 1 amide bonds. The average molecular weight is 161 g/mol. The van der Waals surface area contributed by atoms with Crippen LogP contribution in [0.3, 0.4) is 0 Å². The third kappa shape index (κ3) is 5.43. The molecule has 0 aromatic heterocycles. The standard InChI is InChI=1S/C4H7N3O2S/c1-9-3-10-2-4(8)6-7-5/h2-3H2,1H3. The molecule has 0 bridgehead atoms. The van der Waals surface area contributed by atoms with Gasteiger partial charge in [-0.1, -0.05) is 0 Å². The molecule has 0 spiro atoms. The number of thioether (sulfide) groups is 1. The smallest absolute Gasteiger partial charge is 0.228 e. The molecule has 0 radical (unpaired) electrons. The van der Waals surface area contributed by atoms with Crippen molar-refractivity contribution in [1.29, 1.82) is 0 Å². The number of carbonyl (C=O) groups is 1. The Morgan fingerprint density at radius 1 is 1.90 bits per heavy atom. The number of hydrogen-bond acceptors (Lipinski definition) is 3. The maximum Gasteiger partial charge on any atom is 0.228 e. The van der Waals surface area contributed by atoms with E-state index in [1.165, 1.54) is 18.9 Å². The van der Waals surface area contributed by atoms with Crippen molar-refractivity contribution in [1.82, 2.24) is 0 Å². The van der Waals surface area contributed by atoms with Crippen molar-refractivity contribution in [2.24, 2.45) is 5.11 Å². The number of carbonyl (C=O) groups excluding carboxylic acids is 1. The summed E-state index contributed by atoms with van der Waals surface area (Å²) in [4.78, 5) is 12.8. The lowest BCUT2D eigenvalue weighted by atomic mass is 10.8. The Labute approximate surface area is 62.4 Å². The van der Waals surface area contributed by atoms with Crippen LogP contribution in [-0.2, 0) is 9.53 Å². The highest BCUT2D eigenvalue weighted by molar-refractivity contribution is 7.99. The fourth-order valence-corrected chi connectivity index (χ4v) is 0.773. The maximum absolute atomic E-state index is 10.4. The van der Waals surface area contributed by atoms with Gasteiger partial charge in [-0.3, -0.25) is 4.79 Å². The van der Waals surface area contributed by atoms with E-state index in [0.29, 0.717) is 5.94 Å². The second kappa shape index (κ2) is 6.41. The molecule has 0 saturated heterocycles. The van der Waals surface area contributed by atoms with E-state index in [4.69, 9.17) is 5.53 Å². The number of nitrogens with zero attached hydrogens (tertiary/aromatic N) is 3. The average Bonchev–Trinajstić information content (AvgIpc) is 1.89. The van der Waals surface area contributed by atoms with Crippen molar-refractivity contribution in [2.45, 2.75) is 0 Å². The molecular weight excluding hydrogens is 154 g/mol. The molecular formula is C4H7N3O2S. The van der Waals surface area contributed by atoms with Crippen molar-refractivity contribution in [3.8, 4) is 0 Å². The van der Waals surface area contributed by atoms with E-state index in [1.54, 1.807) is 0 Å². The van der Waals surface area contributed by atoms with E-state index in [0.717, 1.165) is 0 Å². The minimum absolute atomic E-state index is 0.178. The summed E-state index contributed by atoms with van der Waals surface area (Å²) >= 11 is 1.26. The predicted octanol–water partition coefficient (Wildman–Crippen LogP) is 1.16. The van der Waals surface area contributed by atoms with Crippen LogP contribution >= 0.6 is 11.8 Å². The predicted molar refractivity (Wildman–Crippen MR) is 38.5 cm³/mol. The highest BCUT2D eigenvalue weighted by Crippen LogP contribution is 1.99. The van der Waals surface area contributed by atoms with Crippen LogP contribution < -0.4 is 0 Å². The largest absolute Gasteiger partial charge is 0.374 e. The maximum atomic E-state index is 10.4. The third-order valence-electron chi connectivity index (χ3n) is 0.583. The summed E-state index contributed by atoms with van der Waals surface area (Å²) in [6.45, 7) is 0. The molecule has 0 aromatic rings. The minimum atomic E-state index is -0.468. The van der Waals surface area contributed by atoms with Gasteiger partial charge in [-0.25, -0.2) is 0 Å². The molecule has 0 N–H and O–H groups in total. The Morgan fingerprint density at radius 3 is 3.10 bits per heavy atom. The summed E-state index contributed by atoms with van der Waals surface area (Å²) in [5.41, 5.74) is 7.79. The number of ether oxygens (including phenoxy) is 1. The molecule has 0 aliphatic rings. The molecule has 10 heavy (non-hydrogen) atoms. The lowest BCUT2D eigenvalue weighted by Gasteiger charge is -1.92. The third-order valence-corrected chi connectivity index (χ3v) is 1.44. The SMILES string of the molecule is COCSCC(=O)N=[N+]=[N-]. The summed E-state index contributed by atoms with van der Waals surface area (Å²) in [5, 5.41) is 2.86. The molecule has 5 nitrogen and oxygen atoms in total. The van der Waals surface area contributed by atoms with Gasteiger partial charge in [0.1, 0.15) is 0 Å². The number of amides is 1. The highest BCUT2D eigenvalue weighted by Gasteiger charge is 1.95. The van der Waals surface area contributed by atoms with Crippen LogP contribution in [0.25, 0.3) is 10.4 Å². The second-order valence-corrected chi connectivity index (χ2v) is 2.27. The normalized spacial score (nSPS) is 8.50. The van der Waals surface area contributed by atoms with Gasteiger partial charge in [0.15, 0.2) is 0 Å². The first-order valence-corrected chi connectivity index (χ1v) is 3.61. The topological polar surface area (TPSA) is 75.1 Å². The van der Waals surface area contributed by atoms with Gasteiger partial charge in [0.25, 0.3) is 0 Å². The van der Waals surface area contributed by atoms with Crippen molar-refractivity contribution in [2.75, 3.05) is 18.8 Å². The van der Waals surface area contributed by atoms with Gasteiger partial charge in [-0.05, 0) is 10.6 Å². The van der Waals surface area contributed by atoms with Crippen molar-refractivity contribution in [3.63, 3.8) is 0 Å². The Morgan fingerprint density at radius 2 is 2.60 bits per heavy atom. The number of hydrogen-bond donors (Lipinski definition) is 0. The molecule has 56 valence electrons. The van der Waals surface area contributed by atoms with Gasteiger partial charge in [-0.2, -0.15) is 0 Å². The Bertz CT molecular complexity index is 155. The Kier molecular flexibility index (Phi) is 5.96. The lowest BCUT2D eigenvalue weighted by molar-refractivity contribution is -0.115. The lowest BCUT2D eigenvalue weighted by Crippen LogP contribution is -1.96. The van der Waals surface area contributed by atoms with Gasteiger partial charge >= 0.3 is 0 Å². The molecule has 0 heterocycles. The first kappa shape index (κ1) is 9.29. The summed E-state index contributed by atoms with van der Waals surface area (Å²) in [6, 6.07) is 0. The van der Waals surface area contributed by atoms with Crippen LogP contribution in [0, 0.1) is 0 Å². The monoisotopic (exact) mass is 161 g/mol. The van der Waals surface area contributed by atoms with Crippen LogP contribution in [0.5, 0.6) is 0 Å². The zero-order valence-corrected chi connectivity index (χ0v) is 6.30. The number of methoxy groups -OCH3 is 1. The van der Waals surface area contributed by atoms with Gasteiger partial charge < -0.3 is 4.74 Å². The first-order valence-electron chi connectivity index (χ1n) is 2.46. The molecule has 0 saturated carbocycles. The van der Waals surface area contributed by atoms with E-state index in [9.17, 15) is 4.79 Å². The van der Waals surface area contributed by atoms with Crippen molar-refractivity contribution >= 4 is 17.7 Å². The molecule has 0 aliphatic carbocycles. The molecule has 0 aliphatic heterocycles. The molecule has 6 heteroatoms. The van der Waals surface area contributed by atoms with E-state index < -0.39 is 5.91 Å². The van der Waals surface area contributed by atoms with Gasteiger partial charge in [0.05, 0.1) is 11.7 Å². The zero-order valence-electron chi connectivity index (χ0n) is 5.48. The van der Waals surface area contributed by atoms with Crippen molar-refractivity contribution in [3.05, 3.63) is 10.4 Å². The molecule has 0 atom stereocenters. The van der Waals surface area contributed by atoms with E-state index in [1.807, 2.05) is 0 Å². The van der Waals surface area contributed by atoms with Crippen LogP contribution in [0.1, 0.15) is 0 Å². The van der Waals surface area contributed by atoms with E-state index in [-0.39, 0.29) is 5.75 Å². The Balaban J connectivity index is 3.31. The highest BCUT2D eigenvalue weighted by atomic mass is 32.2. The van der Waals surface area contributed by atoms with Crippen LogP contribution in [0.15, 0.2) is 5.11 Å². The first-order chi connectivity index (χ1) is 4.81. The van der Waals surface area contributed by atoms with Gasteiger partial charge in [0, 0.05) is 12.0 Å². The summed E-state index contributed by atoms with van der Waals surface area (Å²) < 4.78 is 4.65. The number of azide groups is 1. The van der Waals surface area contributed by atoms with Crippen LogP contribution in [-0.4, -0.2) is 24.7 Å². The molecule has 0 aromatic carbocycles. The van der Waals surface area contributed by atoms with Crippen LogP contribution in [0.2, 0.25) is 0 Å². The van der Waals surface area contributed by atoms with Gasteiger partial charge in [-0.15, -0.1) is 11.8 Å². The minimum Gasteiger partial charge on any atom is -0.374 e. The molecule has 0 unspecified atom stereocenters. The summed E-state index contributed by atoms with van der Waals surface area (Å²) in [6.07, 6.45) is 0. The summed E-state index contributed by atoms with van der Waals surface area (Å²) in [7, 11) is 1.53. The quantitative estimate of drug-likeness (QED) is 0.204. The summed E-state index contributed by atoms with van der Waals surface area (Å²) in [5.74, 6) is 0.148.